The Bertz CT molecular complexity index is 233. The summed E-state index contributed by atoms with van der Waals surface area (Å²) in [5.74, 6) is 0.771. The standard InChI is InChI=1S/C12H22N2O2/c1-9(10-4-2-3-5-10)14-12(15)11-8-16-7-6-13-11/h9-11,13H,2-8H2,1H3,(H,14,15)/t9-,11?/m1/s1. The van der Waals surface area contributed by atoms with Gasteiger partial charge in [0.05, 0.1) is 13.2 Å². The molecule has 0 aromatic rings. The fourth-order valence-corrected chi connectivity index (χ4v) is 2.63. The van der Waals surface area contributed by atoms with E-state index in [1.807, 2.05) is 0 Å². The molecule has 0 radical (unpaired) electrons. The van der Waals surface area contributed by atoms with Crippen LogP contribution in [0.1, 0.15) is 32.6 Å². The summed E-state index contributed by atoms with van der Waals surface area (Å²) in [5.41, 5.74) is 0. The Hall–Kier alpha value is -0.610. The van der Waals surface area contributed by atoms with Crippen molar-refractivity contribution in [2.45, 2.75) is 44.7 Å². The minimum absolute atomic E-state index is 0.0964. The molecule has 4 nitrogen and oxygen atoms in total. The molecule has 2 atom stereocenters. The third kappa shape index (κ3) is 2.95. The molecule has 2 fully saturated rings. The van der Waals surface area contributed by atoms with Crippen molar-refractivity contribution in [3.63, 3.8) is 0 Å². The van der Waals surface area contributed by atoms with Gasteiger partial charge >= 0.3 is 0 Å². The van der Waals surface area contributed by atoms with Crippen molar-refractivity contribution in [1.29, 1.82) is 0 Å². The Morgan fingerprint density at radius 3 is 2.81 bits per heavy atom. The maximum Gasteiger partial charge on any atom is 0.239 e. The Labute approximate surface area is 97.1 Å². The molecule has 0 spiro atoms. The highest BCUT2D eigenvalue weighted by Gasteiger charge is 2.26. The highest BCUT2D eigenvalue weighted by atomic mass is 16.5. The van der Waals surface area contributed by atoms with E-state index >= 15 is 0 Å². The van der Waals surface area contributed by atoms with Gasteiger partial charge in [0.1, 0.15) is 6.04 Å². The van der Waals surface area contributed by atoms with Gasteiger partial charge in [-0.15, -0.1) is 0 Å². The van der Waals surface area contributed by atoms with E-state index in [4.69, 9.17) is 4.74 Å². The first-order valence-electron chi connectivity index (χ1n) is 6.39. The lowest BCUT2D eigenvalue weighted by Gasteiger charge is -2.26. The van der Waals surface area contributed by atoms with Gasteiger partial charge in [-0.25, -0.2) is 0 Å². The average Bonchev–Trinajstić information content (AvgIpc) is 2.83. The summed E-state index contributed by atoms with van der Waals surface area (Å²) in [6.07, 6.45) is 5.15. The summed E-state index contributed by atoms with van der Waals surface area (Å²) in [6, 6.07) is 0.149. The van der Waals surface area contributed by atoms with Gasteiger partial charge in [0.15, 0.2) is 0 Å². The summed E-state index contributed by atoms with van der Waals surface area (Å²) in [5, 5.41) is 6.29. The number of rotatable bonds is 3. The third-order valence-electron chi connectivity index (χ3n) is 3.72. The Morgan fingerprint density at radius 2 is 2.19 bits per heavy atom. The second-order valence-electron chi connectivity index (χ2n) is 4.92. The molecule has 2 aliphatic rings. The molecular weight excluding hydrogens is 204 g/mol. The van der Waals surface area contributed by atoms with Crippen molar-refractivity contribution < 1.29 is 9.53 Å². The fraction of sp³-hybridized carbons (Fsp3) is 0.917. The molecule has 1 heterocycles. The first-order valence-corrected chi connectivity index (χ1v) is 6.39. The van der Waals surface area contributed by atoms with Crippen molar-refractivity contribution in [1.82, 2.24) is 10.6 Å². The zero-order chi connectivity index (χ0) is 11.4. The number of morpholine rings is 1. The monoisotopic (exact) mass is 226 g/mol. The number of hydrogen-bond acceptors (Lipinski definition) is 3. The molecule has 1 saturated carbocycles. The van der Waals surface area contributed by atoms with Crippen molar-refractivity contribution in [3.05, 3.63) is 0 Å². The van der Waals surface area contributed by atoms with Crippen molar-refractivity contribution >= 4 is 5.91 Å². The summed E-state index contributed by atoms with van der Waals surface area (Å²) < 4.78 is 5.29. The van der Waals surface area contributed by atoms with Gasteiger partial charge in [-0.05, 0) is 25.7 Å². The number of amides is 1. The van der Waals surface area contributed by atoms with Crippen molar-refractivity contribution in [2.24, 2.45) is 5.92 Å². The van der Waals surface area contributed by atoms with Crippen LogP contribution in [0.2, 0.25) is 0 Å². The minimum Gasteiger partial charge on any atom is -0.378 e. The summed E-state index contributed by atoms with van der Waals surface area (Å²) in [4.78, 5) is 11.9. The van der Waals surface area contributed by atoms with Crippen LogP contribution in [0, 0.1) is 5.92 Å². The predicted octanol–water partition coefficient (Wildman–Crippen LogP) is 0.670. The lowest BCUT2D eigenvalue weighted by Crippen LogP contribution is -2.53. The lowest BCUT2D eigenvalue weighted by molar-refractivity contribution is -0.126. The number of carbonyl (C=O) groups excluding carboxylic acids is 1. The van der Waals surface area contributed by atoms with Crippen LogP contribution in [0.4, 0.5) is 0 Å². The molecule has 1 aliphatic carbocycles. The van der Waals surface area contributed by atoms with Gasteiger partial charge in [0.25, 0.3) is 0 Å². The van der Waals surface area contributed by atoms with Crippen LogP contribution in [-0.4, -0.2) is 37.7 Å². The molecule has 16 heavy (non-hydrogen) atoms. The Morgan fingerprint density at radius 1 is 1.44 bits per heavy atom. The van der Waals surface area contributed by atoms with Crippen LogP contribution in [0.3, 0.4) is 0 Å². The summed E-state index contributed by atoms with van der Waals surface area (Å²) in [6.45, 7) is 4.11. The van der Waals surface area contributed by atoms with Crippen molar-refractivity contribution in [3.8, 4) is 0 Å². The highest BCUT2D eigenvalue weighted by molar-refractivity contribution is 5.82. The van der Waals surface area contributed by atoms with Crippen LogP contribution in [0.5, 0.6) is 0 Å². The van der Waals surface area contributed by atoms with Crippen LogP contribution in [0.15, 0.2) is 0 Å². The largest absolute Gasteiger partial charge is 0.378 e. The van der Waals surface area contributed by atoms with Crippen LogP contribution >= 0.6 is 0 Å². The average molecular weight is 226 g/mol. The molecule has 2 rings (SSSR count). The second-order valence-corrected chi connectivity index (χ2v) is 4.92. The topological polar surface area (TPSA) is 50.4 Å². The van der Waals surface area contributed by atoms with E-state index in [1.54, 1.807) is 0 Å². The molecule has 1 aliphatic heterocycles. The molecule has 1 unspecified atom stereocenters. The van der Waals surface area contributed by atoms with E-state index in [2.05, 4.69) is 17.6 Å². The normalized spacial score (nSPS) is 28.9. The second kappa shape index (κ2) is 5.64. The molecule has 1 saturated heterocycles. The minimum atomic E-state index is -0.155. The van der Waals surface area contributed by atoms with Crippen LogP contribution in [-0.2, 0) is 9.53 Å². The van der Waals surface area contributed by atoms with E-state index in [0.29, 0.717) is 25.2 Å². The van der Waals surface area contributed by atoms with E-state index < -0.39 is 0 Å². The van der Waals surface area contributed by atoms with Crippen molar-refractivity contribution in [2.75, 3.05) is 19.8 Å². The van der Waals surface area contributed by atoms with Gasteiger partial charge in [-0.1, -0.05) is 12.8 Å². The zero-order valence-electron chi connectivity index (χ0n) is 10.00. The Kier molecular flexibility index (Phi) is 4.18. The van der Waals surface area contributed by atoms with Gasteiger partial charge < -0.3 is 15.4 Å². The van der Waals surface area contributed by atoms with Gasteiger partial charge in [0, 0.05) is 12.6 Å². The van der Waals surface area contributed by atoms with Crippen LogP contribution < -0.4 is 10.6 Å². The molecule has 2 N–H and O–H groups in total. The molecule has 4 heteroatoms. The van der Waals surface area contributed by atoms with Crippen LogP contribution in [0.25, 0.3) is 0 Å². The molecule has 0 bridgehead atoms. The maximum absolute atomic E-state index is 11.9. The van der Waals surface area contributed by atoms with E-state index in [0.717, 1.165) is 6.54 Å². The van der Waals surface area contributed by atoms with E-state index in [1.165, 1.54) is 25.7 Å². The number of hydrogen-bond donors (Lipinski definition) is 2. The smallest absolute Gasteiger partial charge is 0.239 e. The zero-order valence-corrected chi connectivity index (χ0v) is 10.00. The van der Waals surface area contributed by atoms with Gasteiger partial charge in [0.2, 0.25) is 5.91 Å². The molecular formula is C12H22N2O2. The summed E-state index contributed by atoms with van der Waals surface area (Å²) in [7, 11) is 0. The SMILES string of the molecule is C[C@@H](NC(=O)C1COCCN1)C1CCCC1. The van der Waals surface area contributed by atoms with E-state index in [-0.39, 0.29) is 11.9 Å². The quantitative estimate of drug-likeness (QED) is 0.743. The predicted molar refractivity (Wildman–Crippen MR) is 62.2 cm³/mol. The van der Waals surface area contributed by atoms with Gasteiger partial charge in [-0.3, -0.25) is 4.79 Å². The fourth-order valence-electron chi connectivity index (χ4n) is 2.63. The molecule has 92 valence electrons. The third-order valence-corrected chi connectivity index (χ3v) is 3.72. The highest BCUT2D eigenvalue weighted by Crippen LogP contribution is 2.27. The summed E-state index contributed by atoms with van der Waals surface area (Å²) >= 11 is 0. The number of carbonyl (C=O) groups is 1. The number of nitrogens with one attached hydrogen (secondary N) is 2. The Balaban J connectivity index is 1.76. The maximum atomic E-state index is 11.9. The van der Waals surface area contributed by atoms with E-state index in [9.17, 15) is 4.79 Å². The molecule has 1 amide bonds. The first-order chi connectivity index (χ1) is 7.77. The molecule has 0 aromatic heterocycles. The van der Waals surface area contributed by atoms with Gasteiger partial charge in [-0.2, -0.15) is 0 Å². The lowest BCUT2D eigenvalue weighted by atomic mass is 9.99. The molecule has 0 aromatic carbocycles. The first kappa shape index (κ1) is 11.9. The number of ether oxygens (including phenoxy) is 1.